The number of likely N-dealkylation sites (tertiary alicyclic amines) is 1. The summed E-state index contributed by atoms with van der Waals surface area (Å²) in [5.74, 6) is -0.0654. The molecule has 1 aliphatic heterocycles. The first-order chi connectivity index (χ1) is 9.86. The van der Waals surface area contributed by atoms with Gasteiger partial charge in [0.2, 0.25) is 0 Å². The third kappa shape index (κ3) is 4.54. The lowest BCUT2D eigenvalue weighted by Crippen LogP contribution is -3.17. The third-order valence-corrected chi connectivity index (χ3v) is 5.13. The molecule has 2 N–H and O–H groups in total. The Balaban J connectivity index is 1.99. The van der Waals surface area contributed by atoms with Crippen molar-refractivity contribution in [2.24, 2.45) is 0 Å². The molecule has 1 aliphatic rings. The molecule has 0 radical (unpaired) electrons. The van der Waals surface area contributed by atoms with Crippen LogP contribution in [0.4, 0.5) is 5.69 Å². The number of anilines is 1. The first kappa shape index (κ1) is 16.0. The van der Waals surface area contributed by atoms with E-state index in [1.807, 2.05) is 0 Å². The highest BCUT2D eigenvalue weighted by Gasteiger charge is 2.24. The first-order valence-electron chi connectivity index (χ1n) is 7.31. The molecule has 0 spiro atoms. The number of nitrogens with one attached hydrogen (secondary N) is 2. The number of sulfone groups is 1. The second-order valence-corrected chi connectivity index (χ2v) is 7.85. The van der Waals surface area contributed by atoms with E-state index in [4.69, 9.17) is 0 Å². The van der Waals surface area contributed by atoms with Crippen molar-refractivity contribution in [3.05, 3.63) is 24.3 Å². The molecule has 116 valence electrons. The summed E-state index contributed by atoms with van der Waals surface area (Å²) < 4.78 is 23.0. The molecule has 2 rings (SSSR count). The monoisotopic (exact) mass is 311 g/mol. The lowest BCUT2D eigenvalue weighted by Gasteiger charge is -2.29. The summed E-state index contributed by atoms with van der Waals surface area (Å²) in [5.41, 5.74) is 0.534. The number of hydrogen-bond donors (Lipinski definition) is 2. The summed E-state index contributed by atoms with van der Waals surface area (Å²) >= 11 is 0. The average Bonchev–Trinajstić information content (AvgIpc) is 2.41. The Hall–Kier alpha value is -1.40. The zero-order valence-corrected chi connectivity index (χ0v) is 13.4. The number of amides is 1. The van der Waals surface area contributed by atoms with Gasteiger partial charge in [0.25, 0.3) is 5.91 Å². The number of rotatable bonds is 4. The fourth-order valence-electron chi connectivity index (χ4n) is 2.73. The smallest absolute Gasteiger partial charge is 0.279 e. The van der Waals surface area contributed by atoms with Crippen molar-refractivity contribution in [2.75, 3.05) is 24.7 Å². The van der Waals surface area contributed by atoms with Gasteiger partial charge in [-0.1, -0.05) is 6.07 Å². The van der Waals surface area contributed by atoms with E-state index in [2.05, 4.69) is 12.2 Å². The molecule has 0 aromatic heterocycles. The summed E-state index contributed by atoms with van der Waals surface area (Å²) in [7, 11) is -3.25. The van der Waals surface area contributed by atoms with E-state index in [-0.39, 0.29) is 10.8 Å². The topological polar surface area (TPSA) is 67.7 Å². The second-order valence-electron chi connectivity index (χ2n) is 5.83. The van der Waals surface area contributed by atoms with Crippen molar-refractivity contribution in [3.63, 3.8) is 0 Å². The molecule has 2 atom stereocenters. The Morgan fingerprint density at radius 2 is 2.14 bits per heavy atom. The summed E-state index contributed by atoms with van der Waals surface area (Å²) in [6.45, 7) is 3.63. The second kappa shape index (κ2) is 6.58. The lowest BCUT2D eigenvalue weighted by atomic mass is 10.0. The Morgan fingerprint density at radius 3 is 2.81 bits per heavy atom. The van der Waals surface area contributed by atoms with Crippen LogP contribution in [0.5, 0.6) is 0 Å². The van der Waals surface area contributed by atoms with E-state index in [1.54, 1.807) is 12.1 Å². The van der Waals surface area contributed by atoms with E-state index in [1.165, 1.54) is 23.5 Å². The van der Waals surface area contributed by atoms with Gasteiger partial charge in [0.15, 0.2) is 16.4 Å². The van der Waals surface area contributed by atoms with Gasteiger partial charge in [0, 0.05) is 11.9 Å². The highest BCUT2D eigenvalue weighted by atomic mass is 32.2. The molecule has 1 aromatic rings. The maximum absolute atomic E-state index is 12.1. The van der Waals surface area contributed by atoms with Crippen LogP contribution >= 0.6 is 0 Å². The molecule has 0 saturated carbocycles. The number of carbonyl (C=O) groups is 1. The molecular formula is C15H23N2O3S+. The molecule has 1 saturated heterocycles. The Kier molecular flexibility index (Phi) is 5.00. The predicted molar refractivity (Wildman–Crippen MR) is 82.2 cm³/mol. The summed E-state index contributed by atoms with van der Waals surface area (Å²) in [6, 6.07) is 6.89. The van der Waals surface area contributed by atoms with Crippen molar-refractivity contribution in [1.82, 2.24) is 0 Å². The summed E-state index contributed by atoms with van der Waals surface area (Å²) in [6.07, 6.45) is 4.72. The molecule has 1 amide bonds. The molecule has 1 unspecified atom stereocenters. The van der Waals surface area contributed by atoms with E-state index in [0.29, 0.717) is 18.3 Å². The molecule has 21 heavy (non-hydrogen) atoms. The zero-order chi connectivity index (χ0) is 15.5. The van der Waals surface area contributed by atoms with Crippen LogP contribution in [0.2, 0.25) is 0 Å². The van der Waals surface area contributed by atoms with E-state index >= 15 is 0 Å². The Morgan fingerprint density at radius 1 is 1.38 bits per heavy atom. The van der Waals surface area contributed by atoms with Crippen molar-refractivity contribution >= 4 is 21.4 Å². The van der Waals surface area contributed by atoms with Gasteiger partial charge in [-0.05, 0) is 44.4 Å². The van der Waals surface area contributed by atoms with Gasteiger partial charge in [-0.2, -0.15) is 0 Å². The van der Waals surface area contributed by atoms with Gasteiger partial charge in [0.05, 0.1) is 17.5 Å². The fourth-order valence-corrected chi connectivity index (χ4v) is 3.40. The zero-order valence-electron chi connectivity index (χ0n) is 12.6. The van der Waals surface area contributed by atoms with Crippen LogP contribution < -0.4 is 10.2 Å². The number of quaternary nitrogens is 1. The number of benzene rings is 1. The summed E-state index contributed by atoms with van der Waals surface area (Å²) in [4.78, 5) is 13.6. The largest absolute Gasteiger partial charge is 0.325 e. The van der Waals surface area contributed by atoms with Crippen LogP contribution in [0, 0.1) is 0 Å². The quantitative estimate of drug-likeness (QED) is 0.850. The maximum Gasteiger partial charge on any atom is 0.279 e. The van der Waals surface area contributed by atoms with Crippen LogP contribution in [0.3, 0.4) is 0 Å². The average molecular weight is 311 g/mol. The Bertz CT molecular complexity index is 613. The van der Waals surface area contributed by atoms with E-state index < -0.39 is 9.84 Å². The van der Waals surface area contributed by atoms with Crippen LogP contribution in [-0.4, -0.2) is 39.7 Å². The normalized spacial score (nSPS) is 22.8. The van der Waals surface area contributed by atoms with Gasteiger partial charge in [0.1, 0.15) is 0 Å². The van der Waals surface area contributed by atoms with Crippen molar-refractivity contribution in [2.45, 2.75) is 37.1 Å². The van der Waals surface area contributed by atoms with Gasteiger partial charge >= 0.3 is 0 Å². The Labute approximate surface area is 126 Å². The van der Waals surface area contributed by atoms with Crippen LogP contribution in [0.1, 0.15) is 26.2 Å². The van der Waals surface area contributed by atoms with Crippen molar-refractivity contribution < 1.29 is 18.1 Å². The van der Waals surface area contributed by atoms with Gasteiger partial charge < -0.3 is 10.2 Å². The molecule has 5 nitrogen and oxygen atoms in total. The number of carbonyl (C=O) groups excluding carboxylic acids is 1. The molecule has 1 aromatic carbocycles. The van der Waals surface area contributed by atoms with E-state index in [0.717, 1.165) is 25.6 Å². The molecule has 1 heterocycles. The first-order valence-corrected chi connectivity index (χ1v) is 9.20. The third-order valence-electron chi connectivity index (χ3n) is 4.02. The van der Waals surface area contributed by atoms with Crippen molar-refractivity contribution in [3.8, 4) is 0 Å². The van der Waals surface area contributed by atoms with E-state index in [9.17, 15) is 13.2 Å². The molecule has 0 aliphatic carbocycles. The highest BCUT2D eigenvalue weighted by Crippen LogP contribution is 2.15. The minimum absolute atomic E-state index is 0.0654. The van der Waals surface area contributed by atoms with Gasteiger partial charge in [-0.15, -0.1) is 0 Å². The fraction of sp³-hybridized carbons (Fsp3) is 0.533. The number of hydrogen-bond acceptors (Lipinski definition) is 3. The van der Waals surface area contributed by atoms with Crippen molar-refractivity contribution in [1.29, 1.82) is 0 Å². The minimum atomic E-state index is -3.25. The number of piperidine rings is 1. The molecule has 0 bridgehead atoms. The summed E-state index contributed by atoms with van der Waals surface area (Å²) in [5, 5.41) is 2.80. The lowest BCUT2D eigenvalue weighted by molar-refractivity contribution is -0.920. The molecule has 6 heteroatoms. The predicted octanol–water partition coefficient (Wildman–Crippen LogP) is 0.486. The minimum Gasteiger partial charge on any atom is -0.325 e. The molecular weight excluding hydrogens is 288 g/mol. The SMILES string of the molecule is C[C@@H]1CCCC[NH+]1CC(=O)Nc1cccc(S(C)(=O)=O)c1. The maximum atomic E-state index is 12.1. The van der Waals surface area contributed by atoms with Crippen LogP contribution in [0.25, 0.3) is 0 Å². The van der Waals surface area contributed by atoms with Gasteiger partial charge in [-0.25, -0.2) is 8.42 Å². The molecule has 1 fully saturated rings. The van der Waals surface area contributed by atoms with Gasteiger partial charge in [-0.3, -0.25) is 4.79 Å². The van der Waals surface area contributed by atoms with Crippen LogP contribution in [-0.2, 0) is 14.6 Å². The standard InChI is InChI=1S/C15H22N2O3S/c1-12-6-3-4-9-17(12)11-15(18)16-13-7-5-8-14(10-13)21(2,19)20/h5,7-8,10,12H,3-4,6,9,11H2,1-2H3,(H,16,18)/p+1/t12-/m1/s1. The highest BCUT2D eigenvalue weighted by molar-refractivity contribution is 7.90. The van der Waals surface area contributed by atoms with Crippen LogP contribution in [0.15, 0.2) is 29.2 Å².